The highest BCUT2D eigenvalue weighted by Crippen LogP contribution is 2.36. The zero-order valence-electron chi connectivity index (χ0n) is 12.2. The van der Waals surface area contributed by atoms with Crippen LogP contribution >= 0.6 is 0 Å². The Hall–Kier alpha value is -2.97. The minimum atomic E-state index is -4.86. The molecule has 6 nitrogen and oxygen atoms in total. The fourth-order valence-corrected chi connectivity index (χ4v) is 2.05. The number of nitro benzene ring substituents is 1. The van der Waals surface area contributed by atoms with E-state index >= 15 is 0 Å². The Labute approximate surface area is 134 Å². The summed E-state index contributed by atoms with van der Waals surface area (Å²) >= 11 is 0. The van der Waals surface area contributed by atoms with E-state index in [0.717, 1.165) is 12.1 Å². The summed E-state index contributed by atoms with van der Waals surface area (Å²) in [5.41, 5.74) is -1.62. The number of alkyl halides is 3. The number of aromatic amines is 1. The molecule has 1 heterocycles. The first-order chi connectivity index (χ1) is 11.3. The van der Waals surface area contributed by atoms with Crippen LogP contribution in [0, 0.1) is 10.1 Å². The van der Waals surface area contributed by atoms with Crippen LogP contribution in [0.5, 0.6) is 0 Å². The highest BCUT2D eigenvalue weighted by molar-refractivity contribution is 5.83. The van der Waals surface area contributed by atoms with Crippen molar-refractivity contribution in [3.63, 3.8) is 0 Å². The van der Waals surface area contributed by atoms with E-state index in [0.29, 0.717) is 11.8 Å². The Bertz CT molecular complexity index is 768. The number of benzene rings is 1. The molecule has 0 spiro atoms. The summed E-state index contributed by atoms with van der Waals surface area (Å²) in [7, 11) is 0. The van der Waals surface area contributed by atoms with E-state index in [1.54, 1.807) is 18.3 Å². The topological polar surface area (TPSA) is 88.9 Å². The predicted octanol–water partition coefficient (Wildman–Crippen LogP) is 3.55. The van der Waals surface area contributed by atoms with Gasteiger partial charge in [0.2, 0.25) is 0 Å². The first-order valence-electron chi connectivity index (χ1n) is 6.78. The van der Waals surface area contributed by atoms with Gasteiger partial charge in [-0.1, -0.05) is 12.1 Å². The SMILES string of the molecule is O=C(C/C=C/c1cnc[nH]1)Cc1ccc([N+](=O)[O-])c(C(F)(F)F)c1. The Balaban J connectivity index is 2.09. The molecular formula is C15H12F3N3O3. The van der Waals surface area contributed by atoms with Gasteiger partial charge in [0.15, 0.2) is 0 Å². The Morgan fingerprint density at radius 3 is 2.71 bits per heavy atom. The van der Waals surface area contributed by atoms with Gasteiger partial charge in [-0.15, -0.1) is 0 Å². The summed E-state index contributed by atoms with van der Waals surface area (Å²) in [5.74, 6) is -0.312. The number of carbonyl (C=O) groups is 1. The summed E-state index contributed by atoms with van der Waals surface area (Å²) in [6, 6.07) is 2.57. The molecule has 9 heteroatoms. The number of nitro groups is 1. The number of H-pyrrole nitrogens is 1. The average Bonchev–Trinajstić information content (AvgIpc) is 2.99. The highest BCUT2D eigenvalue weighted by Gasteiger charge is 2.38. The molecule has 0 amide bonds. The van der Waals surface area contributed by atoms with E-state index in [1.807, 2.05) is 0 Å². The van der Waals surface area contributed by atoms with Gasteiger partial charge in [0.25, 0.3) is 5.69 Å². The van der Waals surface area contributed by atoms with Gasteiger partial charge in [-0.2, -0.15) is 13.2 Å². The molecule has 1 aromatic carbocycles. The number of ketones is 1. The molecule has 0 saturated carbocycles. The quantitative estimate of drug-likeness (QED) is 0.644. The first kappa shape index (κ1) is 17.4. The van der Waals surface area contributed by atoms with Gasteiger partial charge in [-0.25, -0.2) is 4.98 Å². The number of allylic oxidation sites excluding steroid dienone is 1. The maximum Gasteiger partial charge on any atom is 0.423 e. The molecule has 0 saturated heterocycles. The van der Waals surface area contributed by atoms with Gasteiger partial charge in [-0.05, 0) is 17.7 Å². The van der Waals surface area contributed by atoms with Crippen LogP contribution in [0.1, 0.15) is 23.2 Å². The van der Waals surface area contributed by atoms with Crippen molar-refractivity contribution < 1.29 is 22.9 Å². The number of rotatable bonds is 6. The van der Waals surface area contributed by atoms with Crippen molar-refractivity contribution in [3.8, 4) is 0 Å². The van der Waals surface area contributed by atoms with Gasteiger partial charge in [0.1, 0.15) is 11.3 Å². The normalized spacial score (nSPS) is 11.8. The molecule has 2 rings (SSSR count). The summed E-state index contributed by atoms with van der Waals surface area (Å²) in [6.45, 7) is 0. The summed E-state index contributed by atoms with van der Waals surface area (Å²) in [5, 5.41) is 10.7. The molecule has 0 atom stereocenters. The molecule has 0 fully saturated rings. The molecular weight excluding hydrogens is 327 g/mol. The standard InChI is InChI=1S/C15H12F3N3O3/c16-15(17,18)13-7-10(4-5-14(13)21(23)24)6-12(22)3-1-2-11-8-19-9-20-11/h1-2,4-5,7-9H,3,6H2,(H,19,20)/b2-1+. The van der Waals surface area contributed by atoms with Gasteiger partial charge in [0, 0.05) is 18.9 Å². The molecule has 0 bridgehead atoms. The van der Waals surface area contributed by atoms with Crippen LogP contribution in [0.4, 0.5) is 18.9 Å². The largest absolute Gasteiger partial charge is 0.423 e. The highest BCUT2D eigenvalue weighted by atomic mass is 19.4. The van der Waals surface area contributed by atoms with Crippen molar-refractivity contribution in [1.82, 2.24) is 9.97 Å². The van der Waals surface area contributed by atoms with Crippen molar-refractivity contribution >= 4 is 17.5 Å². The number of Topliss-reactive ketones (excluding diaryl/α,β-unsaturated/α-hetero) is 1. The third kappa shape index (κ3) is 4.51. The number of hydrogen-bond acceptors (Lipinski definition) is 4. The van der Waals surface area contributed by atoms with Gasteiger partial charge in [-0.3, -0.25) is 14.9 Å². The lowest BCUT2D eigenvalue weighted by Gasteiger charge is -2.09. The number of halogens is 3. The molecule has 126 valence electrons. The molecule has 2 aromatic rings. The maximum atomic E-state index is 12.9. The van der Waals surface area contributed by atoms with Gasteiger partial charge in [0.05, 0.1) is 23.1 Å². The van der Waals surface area contributed by atoms with Crippen LogP contribution in [-0.4, -0.2) is 20.7 Å². The molecule has 24 heavy (non-hydrogen) atoms. The Kier molecular flexibility index (Phi) is 5.12. The second kappa shape index (κ2) is 7.07. The number of aromatic nitrogens is 2. The third-order valence-corrected chi connectivity index (χ3v) is 3.13. The van der Waals surface area contributed by atoms with E-state index in [4.69, 9.17) is 0 Å². The monoisotopic (exact) mass is 339 g/mol. The van der Waals surface area contributed by atoms with Crippen LogP contribution in [0.2, 0.25) is 0 Å². The molecule has 1 aromatic heterocycles. The lowest BCUT2D eigenvalue weighted by Crippen LogP contribution is -2.10. The summed E-state index contributed by atoms with van der Waals surface area (Å²) in [4.78, 5) is 28.0. The van der Waals surface area contributed by atoms with Crippen LogP contribution in [-0.2, 0) is 17.4 Å². The summed E-state index contributed by atoms with van der Waals surface area (Å²) in [6.07, 6.45) is 1.13. The van der Waals surface area contributed by atoms with Crippen molar-refractivity contribution in [2.24, 2.45) is 0 Å². The maximum absolute atomic E-state index is 12.9. The minimum Gasteiger partial charge on any atom is -0.345 e. The van der Waals surface area contributed by atoms with Crippen LogP contribution in [0.3, 0.4) is 0 Å². The van der Waals surface area contributed by atoms with Gasteiger partial charge < -0.3 is 4.98 Å². The fraction of sp³-hybridized carbons (Fsp3) is 0.200. The van der Waals surface area contributed by atoms with Gasteiger partial charge >= 0.3 is 6.18 Å². The van der Waals surface area contributed by atoms with Crippen molar-refractivity contribution in [2.75, 3.05) is 0 Å². The second-order valence-electron chi connectivity index (χ2n) is 4.94. The molecule has 0 aliphatic rings. The molecule has 1 N–H and O–H groups in total. The fourth-order valence-electron chi connectivity index (χ4n) is 2.05. The van der Waals surface area contributed by atoms with E-state index in [2.05, 4.69) is 9.97 Å². The Morgan fingerprint density at radius 1 is 1.38 bits per heavy atom. The summed E-state index contributed by atoms with van der Waals surface area (Å²) < 4.78 is 38.6. The number of carbonyl (C=O) groups excluding carboxylic acids is 1. The number of imidazole rings is 1. The van der Waals surface area contributed by atoms with Crippen molar-refractivity contribution in [2.45, 2.75) is 19.0 Å². The van der Waals surface area contributed by atoms with Crippen LogP contribution in [0.25, 0.3) is 6.08 Å². The van der Waals surface area contributed by atoms with Crippen LogP contribution in [0.15, 0.2) is 36.8 Å². The molecule has 0 unspecified atom stereocenters. The average molecular weight is 339 g/mol. The van der Waals surface area contributed by atoms with Crippen molar-refractivity contribution in [1.29, 1.82) is 0 Å². The molecule has 0 aliphatic heterocycles. The zero-order valence-corrected chi connectivity index (χ0v) is 12.2. The first-order valence-corrected chi connectivity index (χ1v) is 6.78. The van der Waals surface area contributed by atoms with E-state index in [-0.39, 0.29) is 24.2 Å². The minimum absolute atomic E-state index is 0.0252. The molecule has 0 radical (unpaired) electrons. The van der Waals surface area contributed by atoms with E-state index < -0.39 is 22.4 Å². The number of nitrogens with one attached hydrogen (secondary N) is 1. The third-order valence-electron chi connectivity index (χ3n) is 3.13. The Morgan fingerprint density at radius 2 is 2.12 bits per heavy atom. The lowest BCUT2D eigenvalue weighted by atomic mass is 10.0. The molecule has 0 aliphatic carbocycles. The second-order valence-corrected chi connectivity index (χ2v) is 4.94. The van der Waals surface area contributed by atoms with E-state index in [9.17, 15) is 28.1 Å². The van der Waals surface area contributed by atoms with Crippen LogP contribution < -0.4 is 0 Å². The predicted molar refractivity (Wildman–Crippen MR) is 79.0 cm³/mol. The number of nitrogens with zero attached hydrogens (tertiary/aromatic N) is 2. The van der Waals surface area contributed by atoms with Crippen molar-refractivity contribution in [3.05, 3.63) is 63.7 Å². The smallest absolute Gasteiger partial charge is 0.345 e. The van der Waals surface area contributed by atoms with E-state index in [1.165, 1.54) is 6.33 Å². The zero-order chi connectivity index (χ0) is 17.7. The number of hydrogen-bond donors (Lipinski definition) is 1. The lowest BCUT2D eigenvalue weighted by molar-refractivity contribution is -0.388.